The van der Waals surface area contributed by atoms with E-state index in [0.717, 1.165) is 0 Å². The van der Waals surface area contributed by atoms with E-state index in [4.69, 9.17) is 4.52 Å². The molecule has 0 saturated heterocycles. The Morgan fingerprint density at radius 1 is 1.36 bits per heavy atom. The van der Waals surface area contributed by atoms with Gasteiger partial charge >= 0.3 is 0 Å². The molecule has 2 heterocycles. The van der Waals surface area contributed by atoms with Crippen molar-refractivity contribution in [3.05, 3.63) is 47.4 Å². The van der Waals surface area contributed by atoms with Crippen LogP contribution in [0.5, 0.6) is 0 Å². The van der Waals surface area contributed by atoms with Crippen molar-refractivity contribution in [2.75, 3.05) is 6.61 Å². The van der Waals surface area contributed by atoms with Gasteiger partial charge in [0.15, 0.2) is 0 Å². The largest absolute Gasteiger partial charge is 0.394 e. The van der Waals surface area contributed by atoms with Crippen LogP contribution in [0.1, 0.15) is 29.4 Å². The molecule has 2 aromatic heterocycles. The molecule has 2 N–H and O–H groups in total. The molecular weight excluding hydrogens is 325 g/mol. The van der Waals surface area contributed by atoms with Gasteiger partial charge in [0.2, 0.25) is 0 Å². The number of fused-ring (bicyclic) bond motifs is 1. The second-order valence-corrected chi connectivity index (χ2v) is 5.77. The van der Waals surface area contributed by atoms with Gasteiger partial charge in [-0.2, -0.15) is 0 Å². The van der Waals surface area contributed by atoms with E-state index < -0.39 is 0 Å². The maximum atomic E-state index is 13.2. The summed E-state index contributed by atoms with van der Waals surface area (Å²) in [4.78, 5) is 17.1. The van der Waals surface area contributed by atoms with Gasteiger partial charge in [-0.15, -0.1) is 0 Å². The highest BCUT2D eigenvalue weighted by molar-refractivity contribution is 6.07. The number of nitrogens with one attached hydrogen (secondary N) is 1. The van der Waals surface area contributed by atoms with Gasteiger partial charge in [0.1, 0.15) is 5.82 Å². The molecule has 25 heavy (non-hydrogen) atoms. The van der Waals surface area contributed by atoms with Crippen LogP contribution >= 0.6 is 0 Å². The molecule has 3 aromatic rings. The number of pyridine rings is 1. The fourth-order valence-electron chi connectivity index (χ4n) is 2.58. The van der Waals surface area contributed by atoms with Crippen molar-refractivity contribution >= 4 is 17.0 Å². The number of aryl methyl sites for hydroxylation is 1. The van der Waals surface area contributed by atoms with E-state index in [1.165, 1.54) is 12.1 Å². The third-order valence-corrected chi connectivity index (χ3v) is 4.05. The van der Waals surface area contributed by atoms with Crippen LogP contribution in [0.25, 0.3) is 22.4 Å². The van der Waals surface area contributed by atoms with Crippen LogP contribution in [-0.2, 0) is 0 Å². The average Bonchev–Trinajstić information content (AvgIpc) is 3.00. The van der Waals surface area contributed by atoms with Crippen LogP contribution in [0.3, 0.4) is 0 Å². The first-order chi connectivity index (χ1) is 12.0. The average molecular weight is 343 g/mol. The third kappa shape index (κ3) is 3.36. The monoisotopic (exact) mass is 343 g/mol. The number of aliphatic hydroxyl groups is 1. The number of rotatable bonds is 5. The molecule has 1 unspecified atom stereocenters. The quantitative estimate of drug-likeness (QED) is 0.744. The van der Waals surface area contributed by atoms with E-state index in [2.05, 4.69) is 15.5 Å². The maximum absolute atomic E-state index is 13.2. The van der Waals surface area contributed by atoms with Crippen LogP contribution in [0.15, 0.2) is 34.9 Å². The zero-order valence-corrected chi connectivity index (χ0v) is 13.9. The number of carbonyl (C=O) groups excluding carboxylic acids is 1. The minimum Gasteiger partial charge on any atom is -0.394 e. The van der Waals surface area contributed by atoms with Gasteiger partial charge in [0, 0.05) is 5.56 Å². The molecule has 1 amide bonds. The Balaban J connectivity index is 2.10. The minimum absolute atomic E-state index is 0.149. The van der Waals surface area contributed by atoms with Crippen molar-refractivity contribution in [1.82, 2.24) is 15.5 Å². The summed E-state index contributed by atoms with van der Waals surface area (Å²) in [7, 11) is 0. The van der Waals surface area contributed by atoms with E-state index in [1.54, 1.807) is 25.1 Å². The highest BCUT2D eigenvalue weighted by atomic mass is 19.1. The van der Waals surface area contributed by atoms with E-state index in [0.29, 0.717) is 34.3 Å². The van der Waals surface area contributed by atoms with E-state index in [-0.39, 0.29) is 30.1 Å². The molecule has 1 aromatic carbocycles. The van der Waals surface area contributed by atoms with Gasteiger partial charge in [-0.05, 0) is 43.7 Å². The number of benzene rings is 1. The standard InChI is InChI=1S/C18H18FN3O3/c1-3-13(9-23)20-17(24)14-8-15(11-4-6-12(19)7-5-11)21-18-16(14)10(2)22-25-18/h4-8,13,23H,3,9H2,1-2H3,(H,20,24). The topological polar surface area (TPSA) is 88.2 Å². The minimum atomic E-state index is -0.355. The molecule has 0 aliphatic rings. The SMILES string of the molecule is CCC(CO)NC(=O)c1cc(-c2ccc(F)cc2)nc2onc(C)c12. The molecule has 0 aliphatic heterocycles. The number of aliphatic hydroxyl groups excluding tert-OH is 1. The fraction of sp³-hybridized carbons (Fsp3) is 0.278. The van der Waals surface area contributed by atoms with Gasteiger partial charge in [-0.25, -0.2) is 9.37 Å². The highest BCUT2D eigenvalue weighted by Gasteiger charge is 2.21. The Hall–Kier alpha value is -2.80. The van der Waals surface area contributed by atoms with Crippen LogP contribution < -0.4 is 5.32 Å². The number of hydrogen-bond acceptors (Lipinski definition) is 5. The normalized spacial score (nSPS) is 12.3. The summed E-state index contributed by atoms with van der Waals surface area (Å²) in [5, 5.41) is 16.5. The summed E-state index contributed by atoms with van der Waals surface area (Å²) in [6, 6.07) is 7.09. The Kier molecular flexibility index (Phi) is 4.76. The van der Waals surface area contributed by atoms with Crippen LogP contribution in [0, 0.1) is 12.7 Å². The van der Waals surface area contributed by atoms with Crippen molar-refractivity contribution in [1.29, 1.82) is 0 Å². The Bertz CT molecular complexity index is 902. The molecule has 130 valence electrons. The molecule has 7 heteroatoms. The van der Waals surface area contributed by atoms with E-state index in [9.17, 15) is 14.3 Å². The fourth-order valence-corrected chi connectivity index (χ4v) is 2.58. The molecule has 0 radical (unpaired) electrons. The molecule has 6 nitrogen and oxygen atoms in total. The first-order valence-electron chi connectivity index (χ1n) is 7.98. The molecular formula is C18H18FN3O3. The number of nitrogens with zero attached hydrogens (tertiary/aromatic N) is 2. The summed E-state index contributed by atoms with van der Waals surface area (Å²) >= 11 is 0. The zero-order chi connectivity index (χ0) is 18.0. The second kappa shape index (κ2) is 6.98. The number of halogens is 1. The molecule has 0 saturated carbocycles. The van der Waals surface area contributed by atoms with E-state index >= 15 is 0 Å². The summed E-state index contributed by atoms with van der Waals surface area (Å²) in [6.07, 6.45) is 0.601. The first kappa shape index (κ1) is 17.0. The Morgan fingerprint density at radius 3 is 2.72 bits per heavy atom. The van der Waals surface area contributed by atoms with Gasteiger partial charge in [0.25, 0.3) is 11.6 Å². The van der Waals surface area contributed by atoms with Crippen molar-refractivity contribution in [3.63, 3.8) is 0 Å². The summed E-state index contributed by atoms with van der Waals surface area (Å²) in [5.41, 5.74) is 2.28. The van der Waals surface area contributed by atoms with Crippen LogP contribution in [-0.4, -0.2) is 33.8 Å². The lowest BCUT2D eigenvalue weighted by Crippen LogP contribution is -2.37. The number of hydrogen-bond donors (Lipinski definition) is 2. The maximum Gasteiger partial charge on any atom is 0.259 e. The third-order valence-electron chi connectivity index (χ3n) is 4.05. The second-order valence-electron chi connectivity index (χ2n) is 5.77. The zero-order valence-electron chi connectivity index (χ0n) is 13.9. The van der Waals surface area contributed by atoms with Gasteiger partial charge in [-0.1, -0.05) is 12.1 Å². The Morgan fingerprint density at radius 2 is 2.08 bits per heavy atom. The predicted molar refractivity (Wildman–Crippen MR) is 90.6 cm³/mol. The molecule has 0 aliphatic carbocycles. The highest BCUT2D eigenvalue weighted by Crippen LogP contribution is 2.27. The van der Waals surface area contributed by atoms with Crippen molar-refractivity contribution in [2.24, 2.45) is 0 Å². The lowest BCUT2D eigenvalue weighted by molar-refractivity contribution is 0.0916. The first-order valence-corrected chi connectivity index (χ1v) is 7.98. The summed E-state index contributed by atoms with van der Waals surface area (Å²) < 4.78 is 18.4. The smallest absolute Gasteiger partial charge is 0.259 e. The molecule has 0 bridgehead atoms. The number of amides is 1. The van der Waals surface area contributed by atoms with Crippen LogP contribution in [0.2, 0.25) is 0 Å². The number of carbonyl (C=O) groups is 1. The van der Waals surface area contributed by atoms with Gasteiger partial charge in [0.05, 0.1) is 35.0 Å². The molecule has 3 rings (SSSR count). The summed E-state index contributed by atoms with van der Waals surface area (Å²) in [6.45, 7) is 3.45. The summed E-state index contributed by atoms with van der Waals surface area (Å²) in [5.74, 6) is -0.699. The van der Waals surface area contributed by atoms with Gasteiger partial charge < -0.3 is 14.9 Å². The van der Waals surface area contributed by atoms with Crippen molar-refractivity contribution in [3.8, 4) is 11.3 Å². The van der Waals surface area contributed by atoms with Crippen molar-refractivity contribution in [2.45, 2.75) is 26.3 Å². The molecule has 0 spiro atoms. The number of aromatic nitrogens is 2. The van der Waals surface area contributed by atoms with Crippen molar-refractivity contribution < 1.29 is 18.8 Å². The van der Waals surface area contributed by atoms with E-state index in [1.807, 2.05) is 6.92 Å². The molecule has 1 atom stereocenters. The van der Waals surface area contributed by atoms with Gasteiger partial charge in [-0.3, -0.25) is 4.79 Å². The predicted octanol–water partition coefficient (Wildman–Crippen LogP) is 2.84. The van der Waals surface area contributed by atoms with Crippen LogP contribution in [0.4, 0.5) is 4.39 Å². The Labute approximate surface area is 143 Å². The lowest BCUT2D eigenvalue weighted by Gasteiger charge is -2.14. The lowest BCUT2D eigenvalue weighted by atomic mass is 10.0. The molecule has 0 fully saturated rings.